The standard InChI is InChI=1S/C32H30N2O5S/c1-22-18-20-27(21-19-22)40(37,38)33-29(25-14-8-4-9-15-25)28(24-12-6-3-7-13-24)31(35)34-23(2)30(39-32(34)36)26-16-10-5-11-17-26/h3-21,23,28-30,33H,1-2H3/t23-,28+,29+,30-/m0/s1. The maximum Gasteiger partial charge on any atom is 0.417 e. The first-order valence-electron chi connectivity index (χ1n) is 13.0. The predicted molar refractivity (Wildman–Crippen MR) is 152 cm³/mol. The molecule has 1 aliphatic heterocycles. The van der Waals surface area contributed by atoms with E-state index in [2.05, 4.69) is 4.72 Å². The second-order valence-electron chi connectivity index (χ2n) is 9.87. The largest absolute Gasteiger partial charge is 0.439 e. The molecular weight excluding hydrogens is 524 g/mol. The SMILES string of the molecule is Cc1ccc(S(=O)(=O)N[C@H](c2ccccc2)[C@H](C(=O)N2C(=O)O[C@H](c3ccccc3)[C@@H]2C)c2ccccc2)cc1. The molecule has 8 heteroatoms. The summed E-state index contributed by atoms with van der Waals surface area (Å²) in [6.45, 7) is 3.64. The molecule has 204 valence electrons. The topological polar surface area (TPSA) is 92.8 Å². The highest BCUT2D eigenvalue weighted by atomic mass is 32.2. The predicted octanol–water partition coefficient (Wildman–Crippen LogP) is 5.91. The van der Waals surface area contributed by atoms with E-state index in [1.54, 1.807) is 67.6 Å². The lowest BCUT2D eigenvalue weighted by Gasteiger charge is -2.31. The van der Waals surface area contributed by atoms with Gasteiger partial charge in [-0.25, -0.2) is 22.8 Å². The Morgan fingerprint density at radius 2 is 1.32 bits per heavy atom. The molecule has 5 rings (SSSR count). The molecule has 0 unspecified atom stereocenters. The van der Waals surface area contributed by atoms with Gasteiger partial charge in [0.1, 0.15) is 6.10 Å². The van der Waals surface area contributed by atoms with Crippen molar-refractivity contribution in [2.24, 2.45) is 0 Å². The van der Waals surface area contributed by atoms with Crippen LogP contribution in [0.25, 0.3) is 0 Å². The van der Waals surface area contributed by atoms with Gasteiger partial charge in [-0.15, -0.1) is 0 Å². The van der Waals surface area contributed by atoms with Crippen LogP contribution in [0.1, 0.15) is 47.2 Å². The summed E-state index contributed by atoms with van der Waals surface area (Å²) in [5.41, 5.74) is 2.84. The third-order valence-electron chi connectivity index (χ3n) is 7.17. The lowest BCUT2D eigenvalue weighted by molar-refractivity contribution is -0.131. The van der Waals surface area contributed by atoms with E-state index in [1.165, 1.54) is 12.1 Å². The molecule has 0 spiro atoms. The monoisotopic (exact) mass is 554 g/mol. The van der Waals surface area contributed by atoms with Gasteiger partial charge in [0.25, 0.3) is 0 Å². The lowest BCUT2D eigenvalue weighted by Crippen LogP contribution is -2.45. The molecule has 1 heterocycles. The molecule has 2 amide bonds. The van der Waals surface area contributed by atoms with Crippen molar-refractivity contribution in [3.05, 3.63) is 138 Å². The number of cyclic esters (lactones) is 1. The van der Waals surface area contributed by atoms with Crippen molar-refractivity contribution in [2.45, 2.75) is 42.8 Å². The summed E-state index contributed by atoms with van der Waals surface area (Å²) in [7, 11) is -4.05. The Morgan fingerprint density at radius 1 is 0.800 bits per heavy atom. The molecule has 0 aliphatic carbocycles. The normalized spacial score (nSPS) is 18.6. The smallest absolute Gasteiger partial charge is 0.417 e. The molecule has 1 saturated heterocycles. The van der Waals surface area contributed by atoms with Crippen molar-refractivity contribution in [1.82, 2.24) is 9.62 Å². The Labute approximate surface area is 234 Å². The van der Waals surface area contributed by atoms with Crippen LogP contribution in [0.4, 0.5) is 4.79 Å². The molecule has 0 aromatic heterocycles. The molecule has 1 N–H and O–H groups in total. The summed E-state index contributed by atoms with van der Waals surface area (Å²) >= 11 is 0. The van der Waals surface area contributed by atoms with Gasteiger partial charge in [-0.1, -0.05) is 109 Å². The van der Waals surface area contributed by atoms with Gasteiger partial charge in [0.05, 0.1) is 22.9 Å². The molecule has 1 fully saturated rings. The van der Waals surface area contributed by atoms with Gasteiger partial charge in [0.15, 0.2) is 0 Å². The minimum Gasteiger partial charge on any atom is -0.439 e. The molecule has 4 atom stereocenters. The average Bonchev–Trinajstić information content (AvgIpc) is 3.27. The highest BCUT2D eigenvalue weighted by Gasteiger charge is 2.48. The molecule has 7 nitrogen and oxygen atoms in total. The zero-order chi connectivity index (χ0) is 28.3. The van der Waals surface area contributed by atoms with Crippen LogP contribution >= 0.6 is 0 Å². The number of carbonyl (C=O) groups excluding carboxylic acids is 2. The zero-order valence-electron chi connectivity index (χ0n) is 22.2. The number of benzene rings is 4. The molecule has 0 bridgehead atoms. The molecule has 40 heavy (non-hydrogen) atoms. The first-order valence-corrected chi connectivity index (χ1v) is 14.5. The number of amides is 2. The van der Waals surface area contributed by atoms with Crippen molar-refractivity contribution in [3.63, 3.8) is 0 Å². The second kappa shape index (κ2) is 11.5. The number of hydrogen-bond donors (Lipinski definition) is 1. The van der Waals surface area contributed by atoms with Crippen LogP contribution in [0.2, 0.25) is 0 Å². The van der Waals surface area contributed by atoms with E-state index in [0.29, 0.717) is 11.1 Å². The van der Waals surface area contributed by atoms with Gasteiger partial charge in [0, 0.05) is 0 Å². The Bertz CT molecular complexity index is 1580. The number of rotatable bonds is 8. The maximum atomic E-state index is 14.4. The Kier molecular flexibility index (Phi) is 7.82. The number of nitrogens with one attached hydrogen (secondary N) is 1. The summed E-state index contributed by atoms with van der Waals surface area (Å²) in [4.78, 5) is 28.8. The van der Waals surface area contributed by atoms with Gasteiger partial charge in [0.2, 0.25) is 15.9 Å². The lowest BCUT2D eigenvalue weighted by atomic mass is 9.86. The number of imide groups is 1. The maximum absolute atomic E-state index is 14.4. The Hall–Kier alpha value is -4.27. The van der Waals surface area contributed by atoms with E-state index in [4.69, 9.17) is 4.74 Å². The van der Waals surface area contributed by atoms with Gasteiger partial charge in [-0.3, -0.25) is 4.79 Å². The number of nitrogens with zero attached hydrogens (tertiary/aromatic N) is 1. The van der Waals surface area contributed by atoms with Crippen LogP contribution in [-0.4, -0.2) is 31.4 Å². The van der Waals surface area contributed by atoms with E-state index in [9.17, 15) is 18.0 Å². The number of carbonyl (C=O) groups is 2. The van der Waals surface area contributed by atoms with E-state index in [0.717, 1.165) is 16.0 Å². The molecular formula is C32H30N2O5S. The van der Waals surface area contributed by atoms with Gasteiger partial charge in [-0.05, 0) is 42.7 Å². The van der Waals surface area contributed by atoms with E-state index >= 15 is 0 Å². The van der Waals surface area contributed by atoms with Crippen molar-refractivity contribution >= 4 is 22.0 Å². The number of sulfonamides is 1. The molecule has 4 aromatic carbocycles. The summed E-state index contributed by atoms with van der Waals surface area (Å²) in [5.74, 6) is -1.61. The van der Waals surface area contributed by atoms with Crippen molar-refractivity contribution in [1.29, 1.82) is 0 Å². The third-order valence-corrected chi connectivity index (χ3v) is 8.62. The highest BCUT2D eigenvalue weighted by Crippen LogP contribution is 2.39. The van der Waals surface area contributed by atoms with Gasteiger partial charge < -0.3 is 4.74 Å². The quantitative estimate of drug-likeness (QED) is 0.292. The first-order chi connectivity index (χ1) is 19.3. The van der Waals surface area contributed by atoms with E-state index in [-0.39, 0.29) is 4.90 Å². The summed E-state index contributed by atoms with van der Waals surface area (Å²) in [6, 6.07) is 32.0. The van der Waals surface area contributed by atoms with E-state index < -0.39 is 46.1 Å². The fourth-order valence-electron chi connectivity index (χ4n) is 5.07. The summed E-state index contributed by atoms with van der Waals surface area (Å²) < 4.78 is 35.8. The zero-order valence-corrected chi connectivity index (χ0v) is 23.0. The highest BCUT2D eigenvalue weighted by molar-refractivity contribution is 7.89. The Morgan fingerprint density at radius 3 is 1.90 bits per heavy atom. The second-order valence-corrected chi connectivity index (χ2v) is 11.6. The van der Waals surface area contributed by atoms with Crippen molar-refractivity contribution in [3.8, 4) is 0 Å². The fraction of sp³-hybridized carbons (Fsp3) is 0.188. The van der Waals surface area contributed by atoms with Crippen molar-refractivity contribution in [2.75, 3.05) is 0 Å². The average molecular weight is 555 g/mol. The van der Waals surface area contributed by atoms with Crippen LogP contribution < -0.4 is 4.72 Å². The fourth-order valence-corrected chi connectivity index (χ4v) is 6.31. The minimum absolute atomic E-state index is 0.0800. The van der Waals surface area contributed by atoms with Gasteiger partial charge in [-0.2, -0.15) is 0 Å². The Balaban J connectivity index is 1.59. The van der Waals surface area contributed by atoms with Crippen LogP contribution in [0, 0.1) is 6.92 Å². The first kappa shape index (κ1) is 27.3. The molecule has 4 aromatic rings. The van der Waals surface area contributed by atoms with Crippen LogP contribution in [0.3, 0.4) is 0 Å². The van der Waals surface area contributed by atoms with Gasteiger partial charge >= 0.3 is 6.09 Å². The van der Waals surface area contributed by atoms with E-state index in [1.807, 2.05) is 49.4 Å². The summed E-state index contributed by atoms with van der Waals surface area (Å²) in [5, 5.41) is 0. The summed E-state index contributed by atoms with van der Waals surface area (Å²) in [6.07, 6.45) is -1.41. The molecule has 1 aliphatic rings. The molecule has 0 saturated carbocycles. The molecule has 0 radical (unpaired) electrons. The minimum atomic E-state index is -4.05. The number of aryl methyl sites for hydroxylation is 1. The third kappa shape index (κ3) is 5.54. The van der Waals surface area contributed by atoms with Crippen LogP contribution in [-0.2, 0) is 19.6 Å². The number of hydrogen-bond acceptors (Lipinski definition) is 5. The van der Waals surface area contributed by atoms with Crippen LogP contribution in [0.5, 0.6) is 0 Å². The number of ether oxygens (including phenoxy) is 1. The van der Waals surface area contributed by atoms with Crippen molar-refractivity contribution < 1.29 is 22.7 Å². The van der Waals surface area contributed by atoms with Crippen LogP contribution in [0.15, 0.2) is 120 Å².